The molecule has 1 saturated heterocycles. The summed E-state index contributed by atoms with van der Waals surface area (Å²) in [5.74, 6) is 0.615. The van der Waals surface area contributed by atoms with Crippen molar-refractivity contribution >= 4 is 11.8 Å². The number of nitrogens with one attached hydrogen (secondary N) is 1. The number of rotatable bonds is 4. The van der Waals surface area contributed by atoms with E-state index >= 15 is 0 Å². The number of hydrogen-bond donors (Lipinski definition) is 1. The summed E-state index contributed by atoms with van der Waals surface area (Å²) in [6, 6.07) is 9.36. The summed E-state index contributed by atoms with van der Waals surface area (Å²) in [4.78, 5) is 26.7. The Balaban J connectivity index is 1.76. The summed E-state index contributed by atoms with van der Waals surface area (Å²) in [5.41, 5.74) is 1.08. The Morgan fingerprint density at radius 3 is 2.57 bits per heavy atom. The lowest BCUT2D eigenvalue weighted by Crippen LogP contribution is -2.63. The monoisotopic (exact) mass is 286 g/mol. The quantitative estimate of drug-likeness (QED) is 0.916. The lowest BCUT2D eigenvalue weighted by Gasteiger charge is -2.38. The van der Waals surface area contributed by atoms with Crippen LogP contribution in [0.5, 0.6) is 0 Å². The molecular weight excluding hydrogens is 264 g/mol. The molecule has 3 rings (SSSR count). The third-order valence-electron chi connectivity index (χ3n) is 4.72. The van der Waals surface area contributed by atoms with Gasteiger partial charge < -0.3 is 10.2 Å². The van der Waals surface area contributed by atoms with Crippen LogP contribution in [0.3, 0.4) is 0 Å². The van der Waals surface area contributed by atoms with Gasteiger partial charge in [-0.15, -0.1) is 0 Å². The van der Waals surface area contributed by atoms with Crippen LogP contribution in [0.25, 0.3) is 0 Å². The Morgan fingerprint density at radius 1 is 1.24 bits per heavy atom. The summed E-state index contributed by atoms with van der Waals surface area (Å²) >= 11 is 0. The van der Waals surface area contributed by atoms with E-state index in [1.807, 2.05) is 42.2 Å². The number of carbonyl (C=O) groups is 2. The molecule has 21 heavy (non-hydrogen) atoms. The minimum atomic E-state index is -0.422. The molecule has 1 aliphatic heterocycles. The fourth-order valence-electron chi connectivity index (χ4n) is 3.30. The van der Waals surface area contributed by atoms with Crippen molar-refractivity contribution in [2.75, 3.05) is 0 Å². The lowest BCUT2D eigenvalue weighted by atomic mass is 10.0. The number of hydrogen-bond acceptors (Lipinski definition) is 2. The van der Waals surface area contributed by atoms with Crippen LogP contribution in [0.15, 0.2) is 30.3 Å². The Kier molecular flexibility index (Phi) is 3.70. The van der Waals surface area contributed by atoms with Crippen LogP contribution in [0.4, 0.5) is 0 Å². The van der Waals surface area contributed by atoms with Crippen LogP contribution < -0.4 is 5.32 Å². The number of benzene rings is 1. The molecule has 2 aliphatic rings. The molecule has 1 N–H and O–H groups in total. The number of carbonyl (C=O) groups excluding carboxylic acids is 2. The van der Waals surface area contributed by atoms with Crippen molar-refractivity contribution in [1.29, 1.82) is 0 Å². The first-order chi connectivity index (χ1) is 10.1. The number of amides is 2. The zero-order valence-corrected chi connectivity index (χ0v) is 12.6. The highest BCUT2D eigenvalue weighted by molar-refractivity contribution is 5.97. The normalized spacial score (nSPS) is 32.0. The largest absolute Gasteiger partial charge is 0.342 e. The molecule has 1 aromatic carbocycles. The van der Waals surface area contributed by atoms with Gasteiger partial charge in [0.15, 0.2) is 0 Å². The van der Waals surface area contributed by atoms with Crippen molar-refractivity contribution in [3.63, 3.8) is 0 Å². The van der Waals surface area contributed by atoms with Gasteiger partial charge in [-0.1, -0.05) is 43.7 Å². The van der Waals surface area contributed by atoms with E-state index in [0.717, 1.165) is 18.4 Å². The first kappa shape index (κ1) is 14.1. The Bertz CT molecular complexity index is 543. The maximum Gasteiger partial charge on any atom is 0.246 e. The first-order valence-electron chi connectivity index (χ1n) is 7.78. The molecule has 4 atom stereocenters. The maximum absolute atomic E-state index is 12.7. The minimum Gasteiger partial charge on any atom is -0.342 e. The molecule has 2 fully saturated rings. The number of nitrogens with zero attached hydrogens (tertiary/aromatic N) is 1. The molecule has 1 aromatic rings. The van der Waals surface area contributed by atoms with E-state index in [-0.39, 0.29) is 23.9 Å². The molecular formula is C17H22N2O2. The van der Waals surface area contributed by atoms with E-state index in [1.165, 1.54) is 0 Å². The molecule has 0 radical (unpaired) electrons. The molecule has 2 amide bonds. The Hall–Kier alpha value is -1.84. The molecule has 4 unspecified atom stereocenters. The molecule has 4 nitrogen and oxygen atoms in total. The standard InChI is InChI=1S/C17H22N2O2/c1-3-13-10-15(13)19-11(2)16(20)18-14(17(19)21)9-12-7-5-4-6-8-12/h4-8,11,13-15H,3,9-10H2,1-2H3,(H,18,20). The third kappa shape index (κ3) is 2.67. The average molecular weight is 286 g/mol. The molecule has 1 saturated carbocycles. The SMILES string of the molecule is CCC1CC1N1C(=O)C(Cc2ccccc2)NC(=O)C1C. The highest BCUT2D eigenvalue weighted by Gasteiger charge is 2.49. The zero-order chi connectivity index (χ0) is 15.0. The smallest absolute Gasteiger partial charge is 0.246 e. The van der Waals surface area contributed by atoms with Gasteiger partial charge in [0, 0.05) is 12.5 Å². The van der Waals surface area contributed by atoms with Crippen LogP contribution >= 0.6 is 0 Å². The van der Waals surface area contributed by atoms with Gasteiger partial charge in [-0.25, -0.2) is 0 Å². The van der Waals surface area contributed by atoms with E-state index in [2.05, 4.69) is 12.2 Å². The van der Waals surface area contributed by atoms with Gasteiger partial charge in [-0.2, -0.15) is 0 Å². The second-order valence-electron chi connectivity index (χ2n) is 6.14. The van der Waals surface area contributed by atoms with Crippen molar-refractivity contribution in [3.8, 4) is 0 Å². The summed E-state index contributed by atoms with van der Waals surface area (Å²) in [6.07, 6.45) is 2.68. The van der Waals surface area contributed by atoms with E-state index in [9.17, 15) is 9.59 Å². The molecule has 0 bridgehead atoms. The maximum atomic E-state index is 12.7. The second kappa shape index (κ2) is 5.51. The van der Waals surface area contributed by atoms with Gasteiger partial charge >= 0.3 is 0 Å². The van der Waals surface area contributed by atoms with Crippen LogP contribution in [-0.2, 0) is 16.0 Å². The minimum absolute atomic E-state index is 0.0303. The third-order valence-corrected chi connectivity index (χ3v) is 4.72. The van der Waals surface area contributed by atoms with Gasteiger partial charge in [-0.3, -0.25) is 9.59 Å². The van der Waals surface area contributed by atoms with Gasteiger partial charge in [0.25, 0.3) is 0 Å². The van der Waals surface area contributed by atoms with Gasteiger partial charge in [0.2, 0.25) is 11.8 Å². The fourth-order valence-corrected chi connectivity index (χ4v) is 3.30. The van der Waals surface area contributed by atoms with Gasteiger partial charge in [-0.05, 0) is 24.8 Å². The van der Waals surface area contributed by atoms with Crippen molar-refractivity contribution in [3.05, 3.63) is 35.9 Å². The van der Waals surface area contributed by atoms with E-state index in [4.69, 9.17) is 0 Å². The summed E-state index contributed by atoms with van der Waals surface area (Å²) in [7, 11) is 0. The molecule has 112 valence electrons. The van der Waals surface area contributed by atoms with Crippen LogP contribution in [0.2, 0.25) is 0 Å². The predicted molar refractivity (Wildman–Crippen MR) is 80.6 cm³/mol. The first-order valence-corrected chi connectivity index (χ1v) is 7.78. The van der Waals surface area contributed by atoms with Crippen LogP contribution in [0, 0.1) is 5.92 Å². The molecule has 1 aliphatic carbocycles. The van der Waals surface area contributed by atoms with E-state index in [1.54, 1.807) is 0 Å². The predicted octanol–water partition coefficient (Wildman–Crippen LogP) is 1.74. The van der Waals surface area contributed by atoms with Crippen LogP contribution in [0.1, 0.15) is 32.3 Å². The molecule has 1 heterocycles. The van der Waals surface area contributed by atoms with E-state index < -0.39 is 6.04 Å². The van der Waals surface area contributed by atoms with Crippen molar-refractivity contribution in [2.24, 2.45) is 5.92 Å². The number of piperazine rings is 1. The topological polar surface area (TPSA) is 49.4 Å². The van der Waals surface area contributed by atoms with Gasteiger partial charge in [0.05, 0.1) is 0 Å². The lowest BCUT2D eigenvalue weighted by molar-refractivity contribution is -0.149. The highest BCUT2D eigenvalue weighted by atomic mass is 16.2. The molecule has 0 spiro atoms. The van der Waals surface area contributed by atoms with Crippen LogP contribution in [-0.4, -0.2) is 34.8 Å². The van der Waals surface area contributed by atoms with E-state index in [0.29, 0.717) is 12.3 Å². The zero-order valence-electron chi connectivity index (χ0n) is 12.6. The van der Waals surface area contributed by atoms with Crippen molar-refractivity contribution < 1.29 is 9.59 Å². The molecule has 4 heteroatoms. The summed E-state index contributed by atoms with van der Waals surface area (Å²) in [5, 5.41) is 2.88. The Morgan fingerprint density at radius 2 is 1.95 bits per heavy atom. The van der Waals surface area contributed by atoms with Crippen molar-refractivity contribution in [2.45, 2.75) is 51.2 Å². The average Bonchev–Trinajstić information content (AvgIpc) is 3.25. The fraction of sp³-hybridized carbons (Fsp3) is 0.529. The summed E-state index contributed by atoms with van der Waals surface area (Å²) in [6.45, 7) is 3.97. The highest BCUT2D eigenvalue weighted by Crippen LogP contribution is 2.40. The second-order valence-corrected chi connectivity index (χ2v) is 6.14. The molecule has 0 aromatic heterocycles. The Labute approximate surface area is 125 Å². The van der Waals surface area contributed by atoms with Gasteiger partial charge in [0.1, 0.15) is 12.1 Å². The summed E-state index contributed by atoms with van der Waals surface area (Å²) < 4.78 is 0. The van der Waals surface area contributed by atoms with Crippen molar-refractivity contribution in [1.82, 2.24) is 10.2 Å².